The van der Waals surface area contributed by atoms with Gasteiger partial charge in [-0.05, 0) is 18.6 Å². The van der Waals surface area contributed by atoms with Crippen LogP contribution in [0.5, 0.6) is 0 Å². The van der Waals surface area contributed by atoms with Gasteiger partial charge in [0, 0.05) is 13.0 Å². The third kappa shape index (κ3) is 5.77. The van der Waals surface area contributed by atoms with Gasteiger partial charge in [-0.15, -0.1) is 10.2 Å². The molecule has 0 spiro atoms. The molecule has 0 aliphatic carbocycles. The Morgan fingerprint density at radius 1 is 1.30 bits per heavy atom. The van der Waals surface area contributed by atoms with Crippen molar-refractivity contribution in [2.24, 2.45) is 0 Å². The maximum Gasteiger partial charge on any atom is 0.234 e. The van der Waals surface area contributed by atoms with Crippen LogP contribution < -0.4 is 10.2 Å². The molecule has 0 aliphatic heterocycles. The van der Waals surface area contributed by atoms with Crippen LogP contribution in [0.2, 0.25) is 0 Å². The molecule has 0 unspecified atom stereocenters. The van der Waals surface area contributed by atoms with Gasteiger partial charge in [0.2, 0.25) is 5.91 Å². The Morgan fingerprint density at radius 2 is 2.04 bits per heavy atom. The monoisotopic (exact) mass is 394 g/mol. The van der Waals surface area contributed by atoms with Gasteiger partial charge in [0.05, 0.1) is 25.5 Å². The molecule has 0 bridgehead atoms. The zero-order valence-corrected chi connectivity index (χ0v) is 17.3. The Bertz CT molecular complexity index is 749. The first-order valence-electron chi connectivity index (χ1n) is 9.38. The average molecular weight is 395 g/mol. The van der Waals surface area contributed by atoms with Gasteiger partial charge in [0.15, 0.2) is 11.0 Å². The van der Waals surface area contributed by atoms with Crippen LogP contribution in [0.25, 0.3) is 0 Å². The van der Waals surface area contributed by atoms with E-state index in [1.54, 1.807) is 18.2 Å². The van der Waals surface area contributed by atoms with E-state index in [9.17, 15) is 9.18 Å². The largest absolute Gasteiger partial charge is 0.331 e. The molecule has 6 nitrogen and oxygen atoms in total. The van der Waals surface area contributed by atoms with E-state index in [-0.39, 0.29) is 23.4 Å². The summed E-state index contributed by atoms with van der Waals surface area (Å²) in [5.41, 5.74) is 0.193. The molecule has 148 valence electrons. The standard InChI is InChI=1S/C19H28FN5OS/c1-5-7-12-25-18(16(6-2)24(3)4)22-23-19(25)27-13-17(26)21-15-11-9-8-10-14(15)20/h8-11,16H,5-7,12-13H2,1-4H3,(H,21,26)/p+1/t16-/m1/s1. The van der Waals surface area contributed by atoms with E-state index in [1.165, 1.54) is 22.7 Å². The fourth-order valence-corrected chi connectivity index (χ4v) is 3.69. The number of nitrogens with one attached hydrogen (secondary N) is 2. The molecule has 1 heterocycles. The molecule has 0 aliphatic rings. The van der Waals surface area contributed by atoms with E-state index in [0.29, 0.717) is 0 Å². The van der Waals surface area contributed by atoms with Gasteiger partial charge < -0.3 is 14.8 Å². The lowest BCUT2D eigenvalue weighted by Gasteiger charge is -2.20. The van der Waals surface area contributed by atoms with Gasteiger partial charge in [0.1, 0.15) is 11.9 Å². The lowest BCUT2D eigenvalue weighted by Crippen LogP contribution is -3.06. The van der Waals surface area contributed by atoms with Gasteiger partial charge in [-0.3, -0.25) is 4.79 Å². The maximum atomic E-state index is 13.7. The highest BCUT2D eigenvalue weighted by molar-refractivity contribution is 7.99. The number of aromatic nitrogens is 3. The van der Waals surface area contributed by atoms with Crippen LogP contribution in [0.4, 0.5) is 10.1 Å². The lowest BCUT2D eigenvalue weighted by atomic mass is 10.2. The summed E-state index contributed by atoms with van der Waals surface area (Å²) in [6.07, 6.45) is 3.06. The number of hydrogen-bond donors (Lipinski definition) is 2. The fraction of sp³-hybridized carbons (Fsp3) is 0.526. The van der Waals surface area contributed by atoms with Gasteiger partial charge in [0.25, 0.3) is 0 Å². The van der Waals surface area contributed by atoms with E-state index in [1.807, 2.05) is 0 Å². The van der Waals surface area contributed by atoms with Crippen molar-refractivity contribution in [1.29, 1.82) is 0 Å². The summed E-state index contributed by atoms with van der Waals surface area (Å²) in [7, 11) is 4.23. The molecule has 2 N–H and O–H groups in total. The summed E-state index contributed by atoms with van der Waals surface area (Å²) in [5, 5.41) is 12.1. The number of amides is 1. The SMILES string of the molecule is CCCCn1c(SCC(=O)Nc2ccccc2F)nnc1[C@@H](CC)[NH+](C)C. The van der Waals surface area contributed by atoms with Gasteiger partial charge in [-0.1, -0.05) is 44.2 Å². The van der Waals surface area contributed by atoms with Crippen molar-refractivity contribution >= 4 is 23.4 Å². The molecule has 1 atom stereocenters. The first-order chi connectivity index (χ1) is 13.0. The fourth-order valence-electron chi connectivity index (χ4n) is 2.92. The molecule has 1 amide bonds. The number of hydrogen-bond acceptors (Lipinski definition) is 4. The normalized spacial score (nSPS) is 12.4. The Balaban J connectivity index is 2.09. The zero-order chi connectivity index (χ0) is 19.8. The van der Waals surface area contributed by atoms with E-state index in [4.69, 9.17) is 0 Å². The minimum Gasteiger partial charge on any atom is -0.331 e. The number of carbonyl (C=O) groups is 1. The molecular weight excluding hydrogens is 365 g/mol. The summed E-state index contributed by atoms with van der Waals surface area (Å²) in [5.74, 6) is 0.415. The van der Waals surface area contributed by atoms with Crippen molar-refractivity contribution in [1.82, 2.24) is 14.8 Å². The molecule has 0 saturated carbocycles. The van der Waals surface area contributed by atoms with Crippen LogP contribution in [0, 0.1) is 5.82 Å². The molecule has 1 aromatic heterocycles. The van der Waals surface area contributed by atoms with Gasteiger partial charge >= 0.3 is 0 Å². The Hall–Kier alpha value is -1.93. The Kier molecular flexibility index (Phi) is 8.24. The smallest absolute Gasteiger partial charge is 0.234 e. The molecular formula is C19H29FN5OS+. The highest BCUT2D eigenvalue weighted by Gasteiger charge is 2.25. The molecule has 27 heavy (non-hydrogen) atoms. The summed E-state index contributed by atoms with van der Waals surface area (Å²) in [6.45, 7) is 5.12. The van der Waals surface area contributed by atoms with Crippen LogP contribution in [0.3, 0.4) is 0 Å². The van der Waals surface area contributed by atoms with Crippen molar-refractivity contribution in [2.45, 2.75) is 50.9 Å². The number of anilines is 1. The molecule has 1 aromatic carbocycles. The third-order valence-corrected chi connectivity index (χ3v) is 5.34. The van der Waals surface area contributed by atoms with E-state index in [0.717, 1.165) is 36.8 Å². The molecule has 2 aromatic rings. The van der Waals surface area contributed by atoms with Crippen LogP contribution in [0.1, 0.15) is 45.0 Å². The highest BCUT2D eigenvalue weighted by Crippen LogP contribution is 2.22. The number of nitrogens with zero attached hydrogens (tertiary/aromatic N) is 3. The Labute approximate surface area is 164 Å². The minimum atomic E-state index is -0.441. The number of halogens is 1. The van der Waals surface area contributed by atoms with E-state index >= 15 is 0 Å². The van der Waals surface area contributed by atoms with Crippen LogP contribution in [0.15, 0.2) is 29.4 Å². The average Bonchev–Trinajstić information content (AvgIpc) is 3.03. The lowest BCUT2D eigenvalue weighted by molar-refractivity contribution is -0.893. The zero-order valence-electron chi connectivity index (χ0n) is 16.5. The Morgan fingerprint density at radius 3 is 2.67 bits per heavy atom. The molecule has 2 rings (SSSR count). The van der Waals surface area contributed by atoms with Crippen LogP contribution >= 0.6 is 11.8 Å². The number of para-hydroxylation sites is 1. The molecule has 8 heteroatoms. The second-order valence-electron chi connectivity index (χ2n) is 6.70. The van der Waals surface area contributed by atoms with Crippen molar-refractivity contribution in [2.75, 3.05) is 25.2 Å². The van der Waals surface area contributed by atoms with Crippen molar-refractivity contribution < 1.29 is 14.1 Å². The van der Waals surface area contributed by atoms with Crippen molar-refractivity contribution in [3.63, 3.8) is 0 Å². The predicted molar refractivity (Wildman–Crippen MR) is 107 cm³/mol. The van der Waals surface area contributed by atoms with Crippen molar-refractivity contribution in [3.05, 3.63) is 35.9 Å². The third-order valence-electron chi connectivity index (χ3n) is 4.38. The highest BCUT2D eigenvalue weighted by atomic mass is 32.2. The van der Waals surface area contributed by atoms with Gasteiger partial charge in [-0.25, -0.2) is 4.39 Å². The second kappa shape index (κ2) is 10.4. The van der Waals surface area contributed by atoms with E-state index < -0.39 is 5.82 Å². The van der Waals surface area contributed by atoms with Crippen LogP contribution in [-0.4, -0.2) is 40.5 Å². The number of benzene rings is 1. The summed E-state index contributed by atoms with van der Waals surface area (Å²) in [4.78, 5) is 13.5. The van der Waals surface area contributed by atoms with E-state index in [2.05, 4.69) is 48.0 Å². The number of thioether (sulfide) groups is 1. The number of quaternary nitrogens is 1. The summed E-state index contributed by atoms with van der Waals surface area (Å²) >= 11 is 1.34. The predicted octanol–water partition coefficient (Wildman–Crippen LogP) is 2.54. The maximum absolute atomic E-state index is 13.7. The number of rotatable bonds is 10. The topological polar surface area (TPSA) is 64.2 Å². The second-order valence-corrected chi connectivity index (χ2v) is 7.64. The van der Waals surface area contributed by atoms with Crippen LogP contribution in [-0.2, 0) is 11.3 Å². The minimum absolute atomic E-state index is 0.157. The summed E-state index contributed by atoms with van der Waals surface area (Å²) in [6, 6.07) is 6.41. The first kappa shape index (κ1) is 21.4. The quantitative estimate of drug-likeness (QED) is 0.608. The number of carbonyl (C=O) groups excluding carboxylic acids is 1. The summed E-state index contributed by atoms with van der Waals surface area (Å²) < 4.78 is 15.8. The number of unbranched alkanes of at least 4 members (excludes halogenated alkanes) is 1. The first-order valence-corrected chi connectivity index (χ1v) is 10.4. The molecule has 0 saturated heterocycles. The molecule has 0 fully saturated rings. The van der Waals surface area contributed by atoms with Crippen molar-refractivity contribution in [3.8, 4) is 0 Å². The molecule has 0 radical (unpaired) electrons. The van der Waals surface area contributed by atoms with Gasteiger partial charge in [-0.2, -0.15) is 0 Å².